The summed E-state index contributed by atoms with van der Waals surface area (Å²) in [4.78, 5) is 37.8. The van der Waals surface area contributed by atoms with Gasteiger partial charge in [-0.1, -0.05) is 19.3 Å². The molecule has 0 spiro atoms. The monoisotopic (exact) mass is 344 g/mol. The summed E-state index contributed by atoms with van der Waals surface area (Å²) in [6.07, 6.45) is 5.48. The van der Waals surface area contributed by atoms with Crippen molar-refractivity contribution in [2.24, 2.45) is 5.92 Å². The molecule has 2 amide bonds. The van der Waals surface area contributed by atoms with E-state index in [1.807, 2.05) is 0 Å². The molecule has 0 heterocycles. The Labute approximate surface area is 147 Å². The van der Waals surface area contributed by atoms with Gasteiger partial charge in [-0.15, -0.1) is 0 Å². The first-order valence-corrected chi connectivity index (χ1v) is 8.86. The lowest BCUT2D eigenvalue weighted by molar-refractivity contribution is -0.151. The highest BCUT2D eigenvalue weighted by Crippen LogP contribution is 2.34. The van der Waals surface area contributed by atoms with E-state index < -0.39 is 11.5 Å². The predicted molar refractivity (Wildman–Crippen MR) is 93.3 cm³/mol. The Balaban J connectivity index is 1.72. The van der Waals surface area contributed by atoms with Crippen LogP contribution in [0.5, 0.6) is 0 Å². The Bertz CT molecular complexity index is 673. The molecule has 0 unspecified atom stereocenters. The molecule has 3 rings (SSSR count). The maximum Gasteiger partial charge on any atom is 0.329 e. The number of amides is 2. The molecule has 1 aromatic carbocycles. The number of hydrogen-bond acceptors (Lipinski definition) is 3. The highest BCUT2D eigenvalue weighted by Gasteiger charge is 2.45. The van der Waals surface area contributed by atoms with Gasteiger partial charge in [-0.05, 0) is 49.9 Å². The van der Waals surface area contributed by atoms with E-state index >= 15 is 0 Å². The van der Waals surface area contributed by atoms with Crippen molar-refractivity contribution >= 4 is 23.5 Å². The van der Waals surface area contributed by atoms with E-state index in [-0.39, 0.29) is 17.7 Å². The lowest BCUT2D eigenvalue weighted by Crippen LogP contribution is -2.56. The molecule has 6 heteroatoms. The quantitative estimate of drug-likeness (QED) is 0.860. The third-order valence-electron chi connectivity index (χ3n) is 5.37. The first kappa shape index (κ1) is 17.5. The van der Waals surface area contributed by atoms with Crippen molar-refractivity contribution < 1.29 is 19.5 Å². The number of carboxylic acids is 1. The van der Waals surface area contributed by atoms with Crippen LogP contribution in [0.3, 0.4) is 0 Å². The zero-order valence-electron chi connectivity index (χ0n) is 14.5. The molecule has 134 valence electrons. The Morgan fingerprint density at radius 1 is 1.08 bits per heavy atom. The highest BCUT2D eigenvalue weighted by molar-refractivity contribution is 5.99. The number of nitrogens with one attached hydrogen (secondary N) is 1. The number of carboxylic acid groups (broad SMARTS) is 1. The third-order valence-corrected chi connectivity index (χ3v) is 5.37. The number of hydrogen-bond donors (Lipinski definition) is 2. The lowest BCUT2D eigenvalue weighted by Gasteiger charge is -2.41. The first-order chi connectivity index (χ1) is 11.9. The summed E-state index contributed by atoms with van der Waals surface area (Å²) in [7, 11) is 1.57. The van der Waals surface area contributed by atoms with Crippen LogP contribution in [0, 0.1) is 5.92 Å². The molecule has 2 N–H and O–H groups in total. The van der Waals surface area contributed by atoms with Crippen molar-refractivity contribution in [2.75, 3.05) is 12.4 Å². The van der Waals surface area contributed by atoms with Crippen molar-refractivity contribution in [1.29, 1.82) is 0 Å². The van der Waals surface area contributed by atoms with Crippen LogP contribution in [0.15, 0.2) is 24.3 Å². The van der Waals surface area contributed by atoms with Gasteiger partial charge in [0.1, 0.15) is 5.54 Å². The standard InChI is InChI=1S/C19H24N2O4/c1-21(19(18(24)25)11-3-2-4-12-19)17(23)14-7-9-15(10-8-14)20-16(22)13-5-6-13/h7-10,13H,2-6,11-12H2,1H3,(H,20,22)(H,24,25). The van der Waals surface area contributed by atoms with E-state index in [1.54, 1.807) is 31.3 Å². The average molecular weight is 344 g/mol. The molecule has 0 atom stereocenters. The van der Waals surface area contributed by atoms with Gasteiger partial charge in [0.2, 0.25) is 5.91 Å². The van der Waals surface area contributed by atoms with Crippen molar-refractivity contribution in [3.8, 4) is 0 Å². The fourth-order valence-electron chi connectivity index (χ4n) is 3.50. The first-order valence-electron chi connectivity index (χ1n) is 8.86. The van der Waals surface area contributed by atoms with Crippen molar-refractivity contribution in [1.82, 2.24) is 4.90 Å². The molecule has 0 aromatic heterocycles. The van der Waals surface area contributed by atoms with Gasteiger partial charge >= 0.3 is 5.97 Å². The van der Waals surface area contributed by atoms with E-state index in [1.165, 1.54) is 4.90 Å². The van der Waals surface area contributed by atoms with Gasteiger partial charge in [0.25, 0.3) is 5.91 Å². The summed E-state index contributed by atoms with van der Waals surface area (Å²) < 4.78 is 0. The predicted octanol–water partition coefficient (Wildman–Crippen LogP) is 2.89. The van der Waals surface area contributed by atoms with Crippen molar-refractivity contribution in [3.63, 3.8) is 0 Å². The second-order valence-corrected chi connectivity index (χ2v) is 7.10. The number of rotatable bonds is 5. The van der Waals surface area contributed by atoms with Gasteiger partial charge in [0.05, 0.1) is 0 Å². The summed E-state index contributed by atoms with van der Waals surface area (Å²) in [5.41, 5.74) is -0.0337. The zero-order valence-corrected chi connectivity index (χ0v) is 14.5. The molecular formula is C19H24N2O4. The van der Waals surface area contributed by atoms with Crippen LogP contribution in [0.1, 0.15) is 55.3 Å². The van der Waals surface area contributed by atoms with Crippen LogP contribution in [-0.2, 0) is 9.59 Å². The molecule has 1 aromatic rings. The zero-order chi connectivity index (χ0) is 18.0. The normalized spacial score (nSPS) is 19.1. The molecule has 2 aliphatic carbocycles. The minimum atomic E-state index is -1.12. The molecule has 25 heavy (non-hydrogen) atoms. The summed E-state index contributed by atoms with van der Waals surface area (Å²) >= 11 is 0. The van der Waals surface area contributed by atoms with Gasteiger partial charge in [-0.25, -0.2) is 4.79 Å². The van der Waals surface area contributed by atoms with Crippen LogP contribution in [0.2, 0.25) is 0 Å². The van der Waals surface area contributed by atoms with Gasteiger partial charge in [0.15, 0.2) is 0 Å². The summed E-state index contributed by atoms with van der Waals surface area (Å²) in [5.74, 6) is -1.10. The van der Waals surface area contributed by atoms with Crippen LogP contribution in [0.25, 0.3) is 0 Å². The summed E-state index contributed by atoms with van der Waals surface area (Å²) in [6, 6.07) is 6.66. The number of anilines is 1. The van der Waals surface area contributed by atoms with Crippen LogP contribution in [0.4, 0.5) is 5.69 Å². The van der Waals surface area contributed by atoms with Gasteiger partial charge in [0, 0.05) is 24.2 Å². The fraction of sp³-hybridized carbons (Fsp3) is 0.526. The Kier molecular flexibility index (Phi) is 4.79. The minimum absolute atomic E-state index is 0.0169. The number of nitrogens with zero attached hydrogens (tertiary/aromatic N) is 1. The molecule has 0 saturated heterocycles. The molecule has 0 aliphatic heterocycles. The number of carbonyl (C=O) groups is 3. The van der Waals surface area contributed by atoms with Crippen LogP contribution < -0.4 is 5.32 Å². The van der Waals surface area contributed by atoms with E-state index in [0.717, 1.165) is 32.1 Å². The summed E-state index contributed by atoms with van der Waals surface area (Å²) in [5, 5.41) is 12.5. The number of likely N-dealkylation sites (N-methyl/N-ethyl adjacent to an activating group) is 1. The largest absolute Gasteiger partial charge is 0.479 e. The molecule has 6 nitrogen and oxygen atoms in total. The maximum atomic E-state index is 12.8. The summed E-state index contributed by atoms with van der Waals surface area (Å²) in [6.45, 7) is 0. The average Bonchev–Trinajstić information content (AvgIpc) is 3.47. The number of benzene rings is 1. The molecule has 0 radical (unpaired) electrons. The van der Waals surface area contributed by atoms with Crippen LogP contribution in [-0.4, -0.2) is 40.4 Å². The third kappa shape index (κ3) is 3.52. The molecule has 2 fully saturated rings. The topological polar surface area (TPSA) is 86.7 Å². The van der Waals surface area contributed by atoms with E-state index in [9.17, 15) is 19.5 Å². The van der Waals surface area contributed by atoms with Gasteiger partial charge < -0.3 is 15.3 Å². The Hall–Kier alpha value is -2.37. The molecular weight excluding hydrogens is 320 g/mol. The van der Waals surface area contributed by atoms with Crippen molar-refractivity contribution in [2.45, 2.75) is 50.5 Å². The number of carbonyl (C=O) groups excluding carboxylic acids is 2. The van der Waals surface area contributed by atoms with E-state index in [2.05, 4.69) is 5.32 Å². The Morgan fingerprint density at radius 3 is 2.20 bits per heavy atom. The highest BCUT2D eigenvalue weighted by atomic mass is 16.4. The van der Waals surface area contributed by atoms with Gasteiger partial charge in [-0.3, -0.25) is 9.59 Å². The molecule has 0 bridgehead atoms. The minimum Gasteiger partial charge on any atom is -0.479 e. The van der Waals surface area contributed by atoms with Crippen molar-refractivity contribution in [3.05, 3.63) is 29.8 Å². The van der Waals surface area contributed by atoms with Gasteiger partial charge in [-0.2, -0.15) is 0 Å². The lowest BCUT2D eigenvalue weighted by atomic mass is 9.80. The SMILES string of the molecule is CN(C(=O)c1ccc(NC(=O)C2CC2)cc1)C1(C(=O)O)CCCCC1. The second-order valence-electron chi connectivity index (χ2n) is 7.10. The Morgan fingerprint density at radius 2 is 1.68 bits per heavy atom. The second kappa shape index (κ2) is 6.86. The van der Waals surface area contributed by atoms with Crippen LogP contribution >= 0.6 is 0 Å². The maximum absolute atomic E-state index is 12.8. The molecule has 2 saturated carbocycles. The smallest absolute Gasteiger partial charge is 0.329 e. The molecule has 2 aliphatic rings. The number of aliphatic carboxylic acids is 1. The van der Waals surface area contributed by atoms with E-state index in [4.69, 9.17) is 0 Å². The fourth-order valence-corrected chi connectivity index (χ4v) is 3.50. The van der Waals surface area contributed by atoms with E-state index in [0.29, 0.717) is 24.1 Å².